The molecule has 1 aromatic carbocycles. The summed E-state index contributed by atoms with van der Waals surface area (Å²) >= 11 is 5.86. The van der Waals surface area contributed by atoms with E-state index in [0.29, 0.717) is 10.7 Å². The molecule has 0 aliphatic rings. The average Bonchev–Trinajstić information content (AvgIpc) is 2.67. The second-order valence-electron chi connectivity index (χ2n) is 4.02. The molecule has 0 atom stereocenters. The van der Waals surface area contributed by atoms with Crippen molar-refractivity contribution in [3.63, 3.8) is 0 Å². The summed E-state index contributed by atoms with van der Waals surface area (Å²) in [6, 6.07) is 6.87. The Balaban J connectivity index is 2.35. The first-order chi connectivity index (χ1) is 9.08. The van der Waals surface area contributed by atoms with Crippen LogP contribution in [0.1, 0.15) is 0 Å². The van der Waals surface area contributed by atoms with E-state index in [-0.39, 0.29) is 17.1 Å². The van der Waals surface area contributed by atoms with E-state index in [1.54, 1.807) is 18.3 Å². The molecule has 0 spiro atoms. The van der Waals surface area contributed by atoms with Gasteiger partial charge in [0.15, 0.2) is 0 Å². The number of anilines is 1. The van der Waals surface area contributed by atoms with Crippen LogP contribution < -0.4 is 5.73 Å². The average molecular weight is 280 g/mol. The van der Waals surface area contributed by atoms with Gasteiger partial charge in [-0.25, -0.2) is 13.8 Å². The Morgan fingerprint density at radius 2 is 1.79 bits per heavy atom. The third kappa shape index (κ3) is 1.82. The fourth-order valence-corrected chi connectivity index (χ4v) is 2.11. The van der Waals surface area contributed by atoms with Crippen LogP contribution in [0.4, 0.5) is 14.6 Å². The Hall–Kier alpha value is -2.14. The van der Waals surface area contributed by atoms with Gasteiger partial charge < -0.3 is 5.73 Å². The Labute approximate surface area is 112 Å². The van der Waals surface area contributed by atoms with Crippen molar-refractivity contribution >= 4 is 23.1 Å². The minimum absolute atomic E-state index is 0.0675. The van der Waals surface area contributed by atoms with Gasteiger partial charge in [0, 0.05) is 6.20 Å². The van der Waals surface area contributed by atoms with Crippen LogP contribution in [0.2, 0.25) is 5.02 Å². The summed E-state index contributed by atoms with van der Waals surface area (Å²) in [4.78, 5) is 4.14. The highest BCUT2D eigenvalue weighted by atomic mass is 35.5. The first kappa shape index (κ1) is 11.9. The molecule has 96 valence electrons. The van der Waals surface area contributed by atoms with E-state index in [9.17, 15) is 8.78 Å². The zero-order chi connectivity index (χ0) is 13.6. The van der Waals surface area contributed by atoms with E-state index < -0.39 is 11.6 Å². The lowest BCUT2D eigenvalue weighted by atomic mass is 10.1. The van der Waals surface area contributed by atoms with Crippen LogP contribution in [0.3, 0.4) is 0 Å². The van der Waals surface area contributed by atoms with E-state index in [0.717, 1.165) is 12.1 Å². The lowest BCUT2D eigenvalue weighted by Gasteiger charge is -2.02. The molecule has 0 fully saturated rings. The van der Waals surface area contributed by atoms with Gasteiger partial charge in [0.1, 0.15) is 28.8 Å². The van der Waals surface area contributed by atoms with Crippen molar-refractivity contribution in [1.29, 1.82) is 0 Å². The monoisotopic (exact) mass is 279 g/mol. The predicted octanol–water partition coefficient (Wildman–Crippen LogP) is 3.52. The molecule has 0 radical (unpaired) electrons. The molecular weight excluding hydrogens is 272 g/mol. The van der Waals surface area contributed by atoms with E-state index in [1.807, 2.05) is 0 Å². The third-order valence-corrected chi connectivity index (χ3v) is 3.04. The number of hydrogen-bond acceptors (Lipinski definition) is 2. The number of imidazole rings is 1. The van der Waals surface area contributed by atoms with Crippen molar-refractivity contribution in [1.82, 2.24) is 9.38 Å². The number of nitrogens with two attached hydrogens (primary N) is 1. The molecule has 19 heavy (non-hydrogen) atoms. The summed E-state index contributed by atoms with van der Waals surface area (Å²) in [6.07, 6.45) is 1.54. The van der Waals surface area contributed by atoms with Gasteiger partial charge in [-0.15, -0.1) is 0 Å². The minimum atomic E-state index is -0.707. The molecule has 6 heteroatoms. The number of pyridine rings is 1. The van der Waals surface area contributed by atoms with Crippen LogP contribution in [0.25, 0.3) is 16.9 Å². The largest absolute Gasteiger partial charge is 0.383 e. The highest BCUT2D eigenvalue weighted by Crippen LogP contribution is 2.31. The molecule has 3 rings (SSSR count). The Kier molecular flexibility index (Phi) is 2.64. The van der Waals surface area contributed by atoms with Gasteiger partial charge in [0.2, 0.25) is 0 Å². The van der Waals surface area contributed by atoms with Gasteiger partial charge in [-0.1, -0.05) is 17.7 Å². The van der Waals surface area contributed by atoms with Crippen molar-refractivity contribution in [3.8, 4) is 11.3 Å². The third-order valence-electron chi connectivity index (χ3n) is 2.82. The molecule has 0 aliphatic carbocycles. The predicted molar refractivity (Wildman–Crippen MR) is 70.0 cm³/mol. The molecule has 0 bridgehead atoms. The number of hydrogen-bond donors (Lipinski definition) is 1. The first-order valence-electron chi connectivity index (χ1n) is 5.45. The highest BCUT2D eigenvalue weighted by Gasteiger charge is 2.18. The van der Waals surface area contributed by atoms with Crippen molar-refractivity contribution in [3.05, 3.63) is 53.2 Å². The quantitative estimate of drug-likeness (QED) is 0.741. The summed E-state index contributed by atoms with van der Waals surface area (Å²) in [6.45, 7) is 0. The maximum atomic E-state index is 13.8. The van der Waals surface area contributed by atoms with Gasteiger partial charge in [0.05, 0.1) is 10.6 Å². The number of fused-ring (bicyclic) bond motifs is 1. The van der Waals surface area contributed by atoms with Crippen molar-refractivity contribution in [2.24, 2.45) is 0 Å². The van der Waals surface area contributed by atoms with Gasteiger partial charge in [-0.05, 0) is 24.3 Å². The SMILES string of the molecule is Nc1c(-c2c(F)cccc2F)nc2ccc(Cl)cn12. The summed E-state index contributed by atoms with van der Waals surface area (Å²) in [7, 11) is 0. The number of nitrogen functional groups attached to an aromatic ring is 1. The number of rotatable bonds is 1. The zero-order valence-corrected chi connectivity index (χ0v) is 10.3. The van der Waals surface area contributed by atoms with Crippen LogP contribution in [0.5, 0.6) is 0 Å². The van der Waals surface area contributed by atoms with Crippen molar-refractivity contribution < 1.29 is 8.78 Å². The lowest BCUT2D eigenvalue weighted by Crippen LogP contribution is -1.96. The second kappa shape index (κ2) is 4.20. The van der Waals surface area contributed by atoms with Gasteiger partial charge >= 0.3 is 0 Å². The molecule has 2 N–H and O–H groups in total. The Morgan fingerprint density at radius 1 is 1.11 bits per heavy atom. The van der Waals surface area contributed by atoms with Crippen LogP contribution in [-0.4, -0.2) is 9.38 Å². The number of aromatic nitrogens is 2. The number of benzene rings is 1. The number of halogens is 3. The van der Waals surface area contributed by atoms with Gasteiger partial charge in [0.25, 0.3) is 0 Å². The van der Waals surface area contributed by atoms with Gasteiger partial charge in [-0.3, -0.25) is 4.40 Å². The molecule has 3 aromatic rings. The van der Waals surface area contributed by atoms with Gasteiger partial charge in [-0.2, -0.15) is 0 Å². The van der Waals surface area contributed by atoms with E-state index in [2.05, 4.69) is 4.98 Å². The summed E-state index contributed by atoms with van der Waals surface area (Å²) in [5.74, 6) is -1.27. The smallest absolute Gasteiger partial charge is 0.139 e. The molecule has 0 aliphatic heterocycles. The summed E-state index contributed by atoms with van der Waals surface area (Å²) in [5, 5.41) is 0.456. The molecule has 3 nitrogen and oxygen atoms in total. The fraction of sp³-hybridized carbons (Fsp3) is 0. The highest BCUT2D eigenvalue weighted by molar-refractivity contribution is 6.30. The van der Waals surface area contributed by atoms with E-state index in [1.165, 1.54) is 10.5 Å². The van der Waals surface area contributed by atoms with E-state index >= 15 is 0 Å². The summed E-state index contributed by atoms with van der Waals surface area (Å²) < 4.78 is 29.0. The van der Waals surface area contributed by atoms with Crippen LogP contribution in [-0.2, 0) is 0 Å². The van der Waals surface area contributed by atoms with Crippen molar-refractivity contribution in [2.45, 2.75) is 0 Å². The lowest BCUT2D eigenvalue weighted by molar-refractivity contribution is 0.589. The van der Waals surface area contributed by atoms with E-state index in [4.69, 9.17) is 17.3 Å². The second-order valence-corrected chi connectivity index (χ2v) is 4.45. The molecule has 0 unspecified atom stereocenters. The summed E-state index contributed by atoms with van der Waals surface area (Å²) in [5.41, 5.74) is 6.19. The normalized spacial score (nSPS) is 11.1. The van der Waals surface area contributed by atoms with Crippen LogP contribution >= 0.6 is 11.6 Å². The molecule has 2 heterocycles. The van der Waals surface area contributed by atoms with Crippen LogP contribution in [0.15, 0.2) is 36.5 Å². The van der Waals surface area contributed by atoms with Crippen LogP contribution in [0, 0.1) is 11.6 Å². The molecule has 0 amide bonds. The molecule has 2 aromatic heterocycles. The zero-order valence-electron chi connectivity index (χ0n) is 9.57. The molecule has 0 saturated heterocycles. The molecule has 0 saturated carbocycles. The number of nitrogens with zero attached hydrogens (tertiary/aromatic N) is 2. The van der Waals surface area contributed by atoms with Crippen molar-refractivity contribution in [2.75, 3.05) is 5.73 Å². The Bertz CT molecular complexity index is 763. The topological polar surface area (TPSA) is 43.3 Å². The maximum absolute atomic E-state index is 13.8. The maximum Gasteiger partial charge on any atom is 0.139 e. The first-order valence-corrected chi connectivity index (χ1v) is 5.83. The fourth-order valence-electron chi connectivity index (χ4n) is 1.94. The molecular formula is C13H8ClF2N3. The standard InChI is InChI=1S/C13H8ClF2N3/c14-7-4-5-10-18-12(13(17)19(10)6-7)11-8(15)2-1-3-9(11)16/h1-6H,17H2. The minimum Gasteiger partial charge on any atom is -0.383 e. The Morgan fingerprint density at radius 3 is 2.47 bits per heavy atom.